The van der Waals surface area contributed by atoms with Crippen molar-refractivity contribution in [2.75, 3.05) is 5.32 Å². The van der Waals surface area contributed by atoms with Gasteiger partial charge >= 0.3 is 5.97 Å². The van der Waals surface area contributed by atoms with Gasteiger partial charge in [-0.2, -0.15) is 0 Å². The molecule has 8 heteroatoms. The van der Waals surface area contributed by atoms with Crippen molar-refractivity contribution in [3.63, 3.8) is 0 Å². The van der Waals surface area contributed by atoms with Crippen molar-refractivity contribution in [1.82, 2.24) is 9.97 Å². The highest BCUT2D eigenvalue weighted by Gasteiger charge is 2.15. The quantitative estimate of drug-likeness (QED) is 0.836. The number of rotatable bonds is 3. The van der Waals surface area contributed by atoms with E-state index in [1.54, 1.807) is 0 Å². The lowest BCUT2D eigenvalue weighted by atomic mass is 10.2. The summed E-state index contributed by atoms with van der Waals surface area (Å²) in [5.74, 6) is -5.26. The Hall–Kier alpha value is -2.64. The summed E-state index contributed by atoms with van der Waals surface area (Å²) in [5, 5.41) is 11.1. The Balaban J connectivity index is 2.42. The molecule has 98 valence electrons. The van der Waals surface area contributed by atoms with Crippen LogP contribution >= 0.6 is 0 Å². The van der Waals surface area contributed by atoms with Crippen LogP contribution in [0.2, 0.25) is 0 Å². The molecule has 2 N–H and O–H groups in total. The second-order valence-corrected chi connectivity index (χ2v) is 3.46. The van der Waals surface area contributed by atoms with Gasteiger partial charge in [-0.25, -0.2) is 27.9 Å². The minimum Gasteiger partial charge on any atom is -0.477 e. The molecule has 1 heterocycles. The van der Waals surface area contributed by atoms with E-state index in [9.17, 15) is 18.0 Å². The van der Waals surface area contributed by atoms with Crippen molar-refractivity contribution < 1.29 is 23.1 Å². The zero-order chi connectivity index (χ0) is 14.0. The van der Waals surface area contributed by atoms with Crippen LogP contribution in [0.4, 0.5) is 24.7 Å². The fraction of sp³-hybridized carbons (Fsp3) is 0. The van der Waals surface area contributed by atoms with Crippen LogP contribution in [-0.2, 0) is 0 Å². The van der Waals surface area contributed by atoms with Gasteiger partial charge in [0, 0.05) is 18.3 Å². The zero-order valence-corrected chi connectivity index (χ0v) is 9.19. The fourth-order valence-electron chi connectivity index (χ4n) is 1.33. The number of carboxylic acid groups (broad SMARTS) is 1. The largest absolute Gasteiger partial charge is 0.477 e. The maximum atomic E-state index is 13.4. The first-order chi connectivity index (χ1) is 8.99. The third-order valence-corrected chi connectivity index (χ3v) is 2.21. The van der Waals surface area contributed by atoms with E-state index in [1.165, 1.54) is 0 Å². The van der Waals surface area contributed by atoms with Crippen LogP contribution in [0.5, 0.6) is 0 Å². The van der Waals surface area contributed by atoms with Crippen LogP contribution in [0.15, 0.2) is 24.7 Å². The summed E-state index contributed by atoms with van der Waals surface area (Å²) in [6.45, 7) is 0. The predicted octanol–water partition coefficient (Wildman–Crippen LogP) is 2.34. The van der Waals surface area contributed by atoms with Crippen LogP contribution in [0.25, 0.3) is 0 Å². The lowest BCUT2D eigenvalue weighted by Gasteiger charge is -2.09. The molecule has 0 saturated heterocycles. The van der Waals surface area contributed by atoms with E-state index in [2.05, 4.69) is 15.3 Å². The van der Waals surface area contributed by atoms with Gasteiger partial charge in [-0.05, 0) is 0 Å². The monoisotopic (exact) mass is 269 g/mol. The molecule has 5 nitrogen and oxygen atoms in total. The molecule has 0 bridgehead atoms. The number of hydrogen-bond acceptors (Lipinski definition) is 4. The minimum absolute atomic E-state index is 0.229. The molecular formula is C11H6F3N3O2. The molecule has 0 aliphatic heterocycles. The Kier molecular flexibility index (Phi) is 3.32. The summed E-state index contributed by atoms with van der Waals surface area (Å²) in [6.07, 6.45) is 2.03. The number of nitrogens with one attached hydrogen (secondary N) is 1. The Morgan fingerprint density at radius 2 is 1.84 bits per heavy atom. The number of hydrogen-bond donors (Lipinski definition) is 2. The summed E-state index contributed by atoms with van der Waals surface area (Å²) in [7, 11) is 0. The van der Waals surface area contributed by atoms with Gasteiger partial charge in [-0.1, -0.05) is 0 Å². The van der Waals surface area contributed by atoms with E-state index in [1.807, 2.05) is 0 Å². The van der Waals surface area contributed by atoms with Crippen molar-refractivity contribution in [2.45, 2.75) is 0 Å². The molecular weight excluding hydrogens is 263 g/mol. The number of aromatic nitrogens is 2. The molecule has 0 spiro atoms. The predicted molar refractivity (Wildman–Crippen MR) is 58.6 cm³/mol. The van der Waals surface area contributed by atoms with E-state index >= 15 is 0 Å². The standard InChI is InChI=1S/C11H6F3N3O2/c12-6-1-8(14)9(2-7(6)13)17-10-5(11(18)19)3-15-4-16-10/h1-4H,(H,18,19)(H,15,16,17). The molecule has 1 aromatic heterocycles. The highest BCUT2D eigenvalue weighted by atomic mass is 19.2. The lowest BCUT2D eigenvalue weighted by molar-refractivity contribution is 0.0697. The van der Waals surface area contributed by atoms with Gasteiger partial charge in [0.25, 0.3) is 0 Å². The second-order valence-electron chi connectivity index (χ2n) is 3.46. The first-order valence-corrected chi connectivity index (χ1v) is 4.94. The number of benzene rings is 1. The second kappa shape index (κ2) is 4.92. The van der Waals surface area contributed by atoms with Gasteiger partial charge in [0.1, 0.15) is 23.5 Å². The first-order valence-electron chi connectivity index (χ1n) is 4.94. The van der Waals surface area contributed by atoms with Gasteiger partial charge in [0.2, 0.25) is 0 Å². The molecule has 0 radical (unpaired) electrons. The molecule has 19 heavy (non-hydrogen) atoms. The van der Waals surface area contributed by atoms with E-state index in [-0.39, 0.29) is 11.4 Å². The molecule has 2 rings (SSSR count). The molecule has 0 aliphatic rings. The zero-order valence-electron chi connectivity index (χ0n) is 9.19. The summed E-state index contributed by atoms with van der Waals surface area (Å²) in [5.41, 5.74) is -0.758. The molecule has 0 amide bonds. The van der Waals surface area contributed by atoms with E-state index in [0.29, 0.717) is 12.1 Å². The Bertz CT molecular complexity index is 649. The maximum Gasteiger partial charge on any atom is 0.341 e. The smallest absolute Gasteiger partial charge is 0.341 e. The lowest BCUT2D eigenvalue weighted by Crippen LogP contribution is -2.07. The minimum atomic E-state index is -1.34. The number of anilines is 2. The number of carbonyl (C=O) groups is 1. The number of aromatic carboxylic acids is 1. The summed E-state index contributed by atoms with van der Waals surface area (Å²) in [4.78, 5) is 18.0. The maximum absolute atomic E-state index is 13.4. The van der Waals surface area contributed by atoms with Crippen molar-refractivity contribution >= 4 is 17.5 Å². The van der Waals surface area contributed by atoms with Gasteiger partial charge in [-0.15, -0.1) is 0 Å². The molecule has 2 aromatic rings. The topological polar surface area (TPSA) is 75.1 Å². The first kappa shape index (κ1) is 12.8. The van der Waals surface area contributed by atoms with Crippen molar-refractivity contribution in [2.24, 2.45) is 0 Å². The SMILES string of the molecule is O=C(O)c1cncnc1Nc1cc(F)c(F)cc1F. The number of nitrogens with zero attached hydrogens (tertiary/aromatic N) is 2. The van der Waals surface area contributed by atoms with Crippen LogP contribution in [0.1, 0.15) is 10.4 Å². The molecule has 0 atom stereocenters. The average molecular weight is 269 g/mol. The Labute approximate surface area is 104 Å². The summed E-state index contributed by atoms with van der Waals surface area (Å²) >= 11 is 0. The van der Waals surface area contributed by atoms with E-state index < -0.39 is 29.1 Å². The van der Waals surface area contributed by atoms with Gasteiger partial charge in [0.15, 0.2) is 11.6 Å². The highest BCUT2D eigenvalue weighted by molar-refractivity contribution is 5.93. The van der Waals surface area contributed by atoms with Crippen LogP contribution in [-0.4, -0.2) is 21.0 Å². The van der Waals surface area contributed by atoms with E-state index in [4.69, 9.17) is 5.11 Å². The molecule has 0 fully saturated rings. The van der Waals surface area contributed by atoms with Crippen molar-refractivity contribution in [1.29, 1.82) is 0 Å². The highest BCUT2D eigenvalue weighted by Crippen LogP contribution is 2.23. The average Bonchev–Trinajstić information content (AvgIpc) is 2.36. The van der Waals surface area contributed by atoms with Gasteiger partial charge in [0.05, 0.1) is 5.69 Å². The van der Waals surface area contributed by atoms with Gasteiger partial charge in [-0.3, -0.25) is 0 Å². The van der Waals surface area contributed by atoms with Crippen LogP contribution in [0, 0.1) is 17.5 Å². The molecule has 1 aromatic carbocycles. The third-order valence-electron chi connectivity index (χ3n) is 2.21. The van der Waals surface area contributed by atoms with Crippen LogP contribution < -0.4 is 5.32 Å². The molecule has 0 aliphatic carbocycles. The van der Waals surface area contributed by atoms with Crippen molar-refractivity contribution in [3.05, 3.63) is 47.7 Å². The third kappa shape index (κ3) is 2.62. The molecule has 0 unspecified atom stereocenters. The van der Waals surface area contributed by atoms with Crippen LogP contribution in [0.3, 0.4) is 0 Å². The normalized spacial score (nSPS) is 10.3. The Morgan fingerprint density at radius 1 is 1.16 bits per heavy atom. The van der Waals surface area contributed by atoms with Gasteiger partial charge < -0.3 is 10.4 Å². The number of halogens is 3. The van der Waals surface area contributed by atoms with Crippen molar-refractivity contribution in [3.8, 4) is 0 Å². The summed E-state index contributed by atoms with van der Waals surface area (Å²) in [6, 6.07) is 0.914. The van der Waals surface area contributed by atoms with E-state index in [0.717, 1.165) is 12.5 Å². The number of carboxylic acids is 1. The Morgan fingerprint density at radius 3 is 2.53 bits per heavy atom. The molecule has 0 saturated carbocycles. The summed E-state index contributed by atoms with van der Waals surface area (Å²) < 4.78 is 39.1. The fourth-order valence-corrected chi connectivity index (χ4v) is 1.33.